The maximum Gasteiger partial charge on any atom is 0.270 e. The van der Waals surface area contributed by atoms with E-state index in [2.05, 4.69) is 10.3 Å². The van der Waals surface area contributed by atoms with Crippen LogP contribution in [0.15, 0.2) is 29.4 Å². The third-order valence-electron chi connectivity index (χ3n) is 2.73. The van der Waals surface area contributed by atoms with Crippen LogP contribution in [0.1, 0.15) is 11.3 Å². The number of nitro groups is 1. The first-order valence-electron chi connectivity index (χ1n) is 5.87. The molecule has 0 aliphatic heterocycles. The van der Waals surface area contributed by atoms with Gasteiger partial charge in [-0.1, -0.05) is 5.16 Å². The molecule has 9 nitrogen and oxygen atoms in total. The van der Waals surface area contributed by atoms with E-state index in [9.17, 15) is 10.1 Å². The average Bonchev–Trinajstić information content (AvgIpc) is 2.76. The van der Waals surface area contributed by atoms with Crippen molar-refractivity contribution >= 4 is 11.5 Å². The van der Waals surface area contributed by atoms with Gasteiger partial charge < -0.3 is 15.7 Å². The molecular weight excluding hydrogens is 278 g/mol. The van der Waals surface area contributed by atoms with Crippen LogP contribution < -0.4 is 10.5 Å². The molecule has 2 aromatic rings. The third-order valence-corrected chi connectivity index (χ3v) is 2.73. The van der Waals surface area contributed by atoms with Crippen LogP contribution in [0.3, 0.4) is 0 Å². The molecule has 2 rings (SSSR count). The van der Waals surface area contributed by atoms with Gasteiger partial charge in [-0.05, 0) is 13.0 Å². The zero-order valence-corrected chi connectivity index (χ0v) is 11.3. The summed E-state index contributed by atoms with van der Waals surface area (Å²) in [6.07, 6.45) is 0. The van der Waals surface area contributed by atoms with Crippen LogP contribution in [-0.4, -0.2) is 25.7 Å². The lowest BCUT2D eigenvalue weighted by Crippen LogP contribution is -2.14. The van der Waals surface area contributed by atoms with Crippen LogP contribution in [0.4, 0.5) is 5.69 Å². The Morgan fingerprint density at radius 1 is 1.52 bits per heavy atom. The minimum absolute atomic E-state index is 0.116. The highest BCUT2D eigenvalue weighted by atomic mass is 16.6. The monoisotopic (exact) mass is 291 g/mol. The number of nitrogens with zero attached hydrogens (tertiary/aromatic N) is 4. The highest BCUT2D eigenvalue weighted by Gasteiger charge is 2.17. The zero-order chi connectivity index (χ0) is 15.6. The lowest BCUT2D eigenvalue weighted by molar-refractivity contribution is -0.384. The molecule has 0 bridgehead atoms. The van der Waals surface area contributed by atoms with Crippen molar-refractivity contribution in [2.24, 2.45) is 17.9 Å². The van der Waals surface area contributed by atoms with Gasteiger partial charge in [0.1, 0.15) is 5.75 Å². The van der Waals surface area contributed by atoms with E-state index in [0.29, 0.717) is 5.88 Å². The fraction of sp³-hybridized carbons (Fsp3) is 0.167. The quantitative estimate of drug-likeness (QED) is 0.289. The maximum absolute atomic E-state index is 10.8. The molecule has 0 unspecified atom stereocenters. The molecule has 0 radical (unpaired) electrons. The van der Waals surface area contributed by atoms with Crippen LogP contribution in [0.25, 0.3) is 0 Å². The van der Waals surface area contributed by atoms with Crippen molar-refractivity contribution in [2.75, 3.05) is 0 Å². The number of nitro benzene ring substituents is 1. The predicted molar refractivity (Wildman–Crippen MR) is 73.6 cm³/mol. The summed E-state index contributed by atoms with van der Waals surface area (Å²) < 4.78 is 7.13. The SMILES string of the molecule is Cc1cc(Oc2ccc([N+](=O)[O-])cc2/C(N)=N/O)n(C)n1. The van der Waals surface area contributed by atoms with Gasteiger partial charge >= 0.3 is 0 Å². The molecule has 0 atom stereocenters. The van der Waals surface area contributed by atoms with Gasteiger partial charge in [0.15, 0.2) is 5.84 Å². The van der Waals surface area contributed by atoms with Crippen molar-refractivity contribution in [2.45, 2.75) is 6.92 Å². The largest absolute Gasteiger partial charge is 0.439 e. The molecule has 110 valence electrons. The Kier molecular flexibility index (Phi) is 3.74. The van der Waals surface area contributed by atoms with E-state index in [-0.39, 0.29) is 22.8 Å². The molecule has 1 heterocycles. The van der Waals surface area contributed by atoms with Gasteiger partial charge in [0.05, 0.1) is 16.2 Å². The molecule has 21 heavy (non-hydrogen) atoms. The normalized spacial score (nSPS) is 11.4. The van der Waals surface area contributed by atoms with Gasteiger partial charge in [0.2, 0.25) is 5.88 Å². The van der Waals surface area contributed by atoms with Crippen molar-refractivity contribution in [1.82, 2.24) is 9.78 Å². The summed E-state index contributed by atoms with van der Waals surface area (Å²) in [5.74, 6) is 0.361. The van der Waals surface area contributed by atoms with Crippen molar-refractivity contribution < 1.29 is 14.9 Å². The second-order valence-electron chi connectivity index (χ2n) is 4.27. The minimum atomic E-state index is -0.577. The van der Waals surface area contributed by atoms with Crippen molar-refractivity contribution in [3.05, 3.63) is 45.6 Å². The molecule has 0 aliphatic rings. The molecule has 1 aromatic heterocycles. The summed E-state index contributed by atoms with van der Waals surface area (Å²) in [5.41, 5.74) is 6.21. The summed E-state index contributed by atoms with van der Waals surface area (Å²) in [5, 5.41) is 26.6. The minimum Gasteiger partial charge on any atom is -0.439 e. The standard InChI is InChI=1S/C12H13N5O4/c1-7-5-11(16(2)14-7)21-10-4-3-8(17(19)20)6-9(10)12(13)15-18/h3-6,18H,1-2H3,(H2,13,15). The van der Waals surface area contributed by atoms with E-state index in [4.69, 9.17) is 15.7 Å². The number of benzene rings is 1. The first-order valence-corrected chi connectivity index (χ1v) is 5.87. The Morgan fingerprint density at radius 2 is 2.24 bits per heavy atom. The van der Waals surface area contributed by atoms with E-state index in [0.717, 1.165) is 5.69 Å². The summed E-state index contributed by atoms with van der Waals surface area (Å²) >= 11 is 0. The zero-order valence-electron chi connectivity index (χ0n) is 11.3. The molecule has 1 aromatic carbocycles. The average molecular weight is 291 g/mol. The number of non-ortho nitro benzene ring substituents is 1. The lowest BCUT2D eigenvalue weighted by Gasteiger charge is -2.09. The number of rotatable bonds is 4. The number of oxime groups is 1. The number of aryl methyl sites for hydroxylation is 2. The fourth-order valence-electron chi connectivity index (χ4n) is 1.77. The fourth-order valence-corrected chi connectivity index (χ4v) is 1.77. The van der Waals surface area contributed by atoms with Crippen molar-refractivity contribution in [1.29, 1.82) is 0 Å². The Bertz CT molecular complexity index is 722. The van der Waals surface area contributed by atoms with Crippen LogP contribution in [0.5, 0.6) is 11.6 Å². The first-order chi connectivity index (χ1) is 9.92. The summed E-state index contributed by atoms with van der Waals surface area (Å²) in [4.78, 5) is 10.2. The lowest BCUT2D eigenvalue weighted by atomic mass is 10.1. The topological polar surface area (TPSA) is 129 Å². The Labute approximate surface area is 119 Å². The maximum atomic E-state index is 10.8. The smallest absolute Gasteiger partial charge is 0.270 e. The van der Waals surface area contributed by atoms with Gasteiger partial charge in [0.25, 0.3) is 5.69 Å². The molecule has 3 N–H and O–H groups in total. The number of nitrogens with two attached hydrogens (primary N) is 1. The molecule has 0 spiro atoms. The number of hydrogen-bond donors (Lipinski definition) is 2. The van der Waals surface area contributed by atoms with Crippen LogP contribution >= 0.6 is 0 Å². The summed E-state index contributed by atoms with van der Waals surface area (Å²) in [7, 11) is 1.69. The van der Waals surface area contributed by atoms with Gasteiger partial charge in [0, 0.05) is 25.2 Å². The van der Waals surface area contributed by atoms with Gasteiger partial charge in [-0.3, -0.25) is 10.1 Å². The summed E-state index contributed by atoms with van der Waals surface area (Å²) in [6.45, 7) is 1.80. The molecule has 0 saturated carbocycles. The number of ether oxygens (including phenoxy) is 1. The highest BCUT2D eigenvalue weighted by molar-refractivity contribution is 6.00. The van der Waals surface area contributed by atoms with Crippen LogP contribution in [-0.2, 0) is 7.05 Å². The van der Waals surface area contributed by atoms with Crippen LogP contribution in [0, 0.1) is 17.0 Å². The Morgan fingerprint density at radius 3 is 2.76 bits per heavy atom. The second-order valence-corrected chi connectivity index (χ2v) is 4.27. The van der Waals surface area contributed by atoms with Gasteiger partial charge in [-0.15, -0.1) is 0 Å². The Hall–Kier alpha value is -3.10. The number of amidine groups is 1. The molecular formula is C12H13N5O4. The highest BCUT2D eigenvalue weighted by Crippen LogP contribution is 2.28. The van der Waals surface area contributed by atoms with Crippen LogP contribution in [0.2, 0.25) is 0 Å². The van der Waals surface area contributed by atoms with Gasteiger partial charge in [-0.2, -0.15) is 5.10 Å². The number of hydrogen-bond acceptors (Lipinski definition) is 6. The van der Waals surface area contributed by atoms with Crippen molar-refractivity contribution in [3.8, 4) is 11.6 Å². The second kappa shape index (κ2) is 5.49. The Balaban J connectivity index is 2.47. The van der Waals surface area contributed by atoms with E-state index in [1.807, 2.05) is 0 Å². The number of aromatic nitrogens is 2. The van der Waals surface area contributed by atoms with E-state index >= 15 is 0 Å². The molecule has 9 heteroatoms. The molecule has 0 fully saturated rings. The third kappa shape index (κ3) is 2.91. The first kappa shape index (κ1) is 14.3. The molecule has 0 aliphatic carbocycles. The van der Waals surface area contributed by atoms with E-state index < -0.39 is 4.92 Å². The molecule has 0 amide bonds. The predicted octanol–water partition coefficient (Wildman–Crippen LogP) is 1.52. The van der Waals surface area contributed by atoms with Crippen molar-refractivity contribution in [3.63, 3.8) is 0 Å². The van der Waals surface area contributed by atoms with E-state index in [1.165, 1.54) is 22.9 Å². The molecule has 0 saturated heterocycles. The van der Waals surface area contributed by atoms with Gasteiger partial charge in [-0.25, -0.2) is 4.68 Å². The van der Waals surface area contributed by atoms with E-state index in [1.54, 1.807) is 20.0 Å². The summed E-state index contributed by atoms with van der Waals surface area (Å²) in [6, 6.07) is 5.52.